The van der Waals surface area contributed by atoms with Gasteiger partial charge in [-0.2, -0.15) is 0 Å². The van der Waals surface area contributed by atoms with Crippen molar-refractivity contribution in [1.29, 1.82) is 0 Å². The number of allylic oxidation sites excluding steroid dienone is 3. The molecular weight excluding hydrogens is 624 g/mol. The van der Waals surface area contributed by atoms with E-state index in [1.165, 1.54) is 0 Å². The van der Waals surface area contributed by atoms with Gasteiger partial charge in [-0.1, -0.05) is 49.7 Å². The molecule has 250 valence electrons. The molecule has 1 aromatic rings. The Morgan fingerprint density at radius 1 is 1.17 bits per heavy atom. The van der Waals surface area contributed by atoms with Gasteiger partial charge in [0.05, 0.1) is 10.9 Å². The van der Waals surface area contributed by atoms with Crippen LogP contribution in [0.3, 0.4) is 0 Å². The number of hydrogen-bond acceptors (Lipinski definition) is 7. The van der Waals surface area contributed by atoms with Crippen LogP contribution in [-0.2, 0) is 42.1 Å². The topological polar surface area (TPSA) is 102 Å². The number of benzene rings is 1. The Morgan fingerprint density at radius 2 is 1.98 bits per heavy atom. The van der Waals surface area contributed by atoms with Gasteiger partial charge in [-0.3, -0.25) is 9.59 Å². The first kappa shape index (κ1) is 34.5. The molecule has 46 heavy (non-hydrogen) atoms. The number of hydrogen-bond donors (Lipinski definition) is 1. The van der Waals surface area contributed by atoms with Gasteiger partial charge in [-0.05, 0) is 99.6 Å². The highest BCUT2D eigenvalue weighted by Crippen LogP contribution is 2.45. The summed E-state index contributed by atoms with van der Waals surface area (Å²) in [6.07, 6.45) is 14.9. The largest absolute Gasteiger partial charge is 0.490 e. The van der Waals surface area contributed by atoms with Crippen molar-refractivity contribution >= 4 is 33.8 Å². The number of sulfonamides is 1. The van der Waals surface area contributed by atoms with Gasteiger partial charge >= 0.3 is 0 Å². The molecule has 1 saturated carbocycles. The van der Waals surface area contributed by atoms with Gasteiger partial charge in [-0.25, -0.2) is 13.1 Å². The highest BCUT2D eigenvalue weighted by molar-refractivity contribution is 7.90. The number of amides is 1. The third-order valence-electron chi connectivity index (χ3n) is 10.2. The van der Waals surface area contributed by atoms with Crippen LogP contribution in [0.2, 0.25) is 5.02 Å². The van der Waals surface area contributed by atoms with Crippen molar-refractivity contribution in [2.24, 2.45) is 23.7 Å². The first-order chi connectivity index (χ1) is 22.0. The van der Waals surface area contributed by atoms with E-state index in [1.807, 2.05) is 57.2 Å². The van der Waals surface area contributed by atoms with Crippen LogP contribution < -0.4 is 4.72 Å². The SMILES string of the molecule is CCO[C@]1(C=O)/C=C/C[C@H](C)[C@@H](C)S(=O)(=O)NC(=O)C2=CC3=C(OCc4ccc(Cl)cc4CCCCN3C[C@@H]3CC[C@H]31)[C@H](C)C=C2. The Bertz CT molecular complexity index is 1550. The zero-order valence-electron chi connectivity index (χ0n) is 27.3. The molecule has 2 heterocycles. The van der Waals surface area contributed by atoms with Crippen LogP contribution in [-0.4, -0.2) is 56.1 Å². The maximum atomic E-state index is 13.6. The summed E-state index contributed by atoms with van der Waals surface area (Å²) in [4.78, 5) is 28.7. The van der Waals surface area contributed by atoms with Crippen molar-refractivity contribution in [3.05, 3.63) is 81.8 Å². The van der Waals surface area contributed by atoms with Crippen LogP contribution >= 0.6 is 11.6 Å². The number of fused-ring (bicyclic) bond motifs is 2. The first-order valence-corrected chi connectivity index (χ1v) is 18.5. The van der Waals surface area contributed by atoms with Crippen LogP contribution in [0.4, 0.5) is 0 Å². The van der Waals surface area contributed by atoms with E-state index in [4.69, 9.17) is 21.1 Å². The maximum absolute atomic E-state index is 13.6. The molecule has 5 rings (SSSR count). The maximum Gasteiger partial charge on any atom is 0.264 e. The van der Waals surface area contributed by atoms with E-state index >= 15 is 0 Å². The molecule has 10 heteroatoms. The van der Waals surface area contributed by atoms with E-state index in [1.54, 1.807) is 19.1 Å². The Morgan fingerprint density at radius 3 is 2.70 bits per heavy atom. The molecule has 0 radical (unpaired) electrons. The Hall–Kier alpha value is -2.88. The minimum absolute atomic E-state index is 0.0341. The fourth-order valence-electron chi connectivity index (χ4n) is 7.08. The van der Waals surface area contributed by atoms with Crippen molar-refractivity contribution in [2.75, 3.05) is 19.7 Å². The van der Waals surface area contributed by atoms with Crippen molar-refractivity contribution < 1.29 is 27.5 Å². The van der Waals surface area contributed by atoms with E-state index in [-0.39, 0.29) is 29.2 Å². The fraction of sp³-hybridized carbons (Fsp3) is 0.556. The van der Waals surface area contributed by atoms with Crippen LogP contribution in [0.1, 0.15) is 70.9 Å². The molecule has 0 spiro atoms. The average Bonchev–Trinajstić information content (AvgIpc) is 3.18. The third-order valence-corrected chi connectivity index (χ3v) is 12.4. The quantitative estimate of drug-likeness (QED) is 0.299. The predicted octanol–water partition coefficient (Wildman–Crippen LogP) is 6.27. The lowest BCUT2D eigenvalue weighted by molar-refractivity contribution is -0.141. The van der Waals surface area contributed by atoms with Gasteiger partial charge in [0.15, 0.2) is 6.29 Å². The van der Waals surface area contributed by atoms with E-state index in [9.17, 15) is 18.0 Å². The Labute approximate surface area is 279 Å². The van der Waals surface area contributed by atoms with Crippen molar-refractivity contribution in [2.45, 2.75) is 83.7 Å². The van der Waals surface area contributed by atoms with Crippen molar-refractivity contribution in [3.8, 4) is 0 Å². The van der Waals surface area contributed by atoms with E-state index < -0.39 is 26.8 Å². The number of carbonyl (C=O) groups is 2. The fourth-order valence-corrected chi connectivity index (χ4v) is 8.56. The smallest absolute Gasteiger partial charge is 0.264 e. The van der Waals surface area contributed by atoms with Crippen LogP contribution in [0.25, 0.3) is 0 Å². The van der Waals surface area contributed by atoms with Gasteiger partial charge in [0.25, 0.3) is 5.91 Å². The summed E-state index contributed by atoms with van der Waals surface area (Å²) in [6, 6.07) is 5.90. The summed E-state index contributed by atoms with van der Waals surface area (Å²) >= 11 is 6.37. The summed E-state index contributed by atoms with van der Waals surface area (Å²) < 4.78 is 42.1. The molecule has 0 aromatic heterocycles. The summed E-state index contributed by atoms with van der Waals surface area (Å²) in [7, 11) is -4.00. The molecule has 1 N–H and O–H groups in total. The predicted molar refractivity (Wildman–Crippen MR) is 180 cm³/mol. The van der Waals surface area contributed by atoms with E-state index in [2.05, 4.69) is 9.62 Å². The van der Waals surface area contributed by atoms with Crippen molar-refractivity contribution in [1.82, 2.24) is 9.62 Å². The number of carbonyl (C=O) groups excluding carboxylic acids is 2. The third kappa shape index (κ3) is 7.32. The van der Waals surface area contributed by atoms with Crippen LogP contribution in [0.5, 0.6) is 0 Å². The molecule has 1 amide bonds. The molecule has 1 aromatic carbocycles. The molecule has 2 aliphatic heterocycles. The monoisotopic (exact) mass is 670 g/mol. The first-order valence-electron chi connectivity index (χ1n) is 16.6. The molecule has 8 nitrogen and oxygen atoms in total. The lowest BCUT2D eigenvalue weighted by Gasteiger charge is -2.48. The number of nitrogens with one attached hydrogen (secondary N) is 1. The van der Waals surface area contributed by atoms with Crippen LogP contribution in [0, 0.1) is 23.7 Å². The molecule has 4 aliphatic rings. The van der Waals surface area contributed by atoms with Crippen LogP contribution in [0.15, 0.2) is 65.6 Å². The van der Waals surface area contributed by atoms with Gasteiger partial charge < -0.3 is 14.4 Å². The number of rotatable bonds is 3. The second-order valence-electron chi connectivity index (χ2n) is 13.2. The second kappa shape index (κ2) is 14.5. The number of aldehydes is 1. The Kier molecular flexibility index (Phi) is 10.8. The summed E-state index contributed by atoms with van der Waals surface area (Å²) in [5, 5.41) is -0.154. The average molecular weight is 671 g/mol. The van der Waals surface area contributed by atoms with Gasteiger partial charge in [0, 0.05) is 42.1 Å². The number of nitrogens with zero attached hydrogens (tertiary/aromatic N) is 1. The zero-order chi connectivity index (χ0) is 33.1. The molecule has 0 saturated heterocycles. The molecular formula is C36H47ClN2O6S. The van der Waals surface area contributed by atoms with E-state index in [0.29, 0.717) is 37.7 Å². The number of ether oxygens (including phenoxy) is 2. The Balaban J connectivity index is 1.63. The standard InChI is InChI=1S/C36H47ClN2O6S/c1-5-45-36(23-40)17-8-9-24(2)26(4)46(42,43)38-35(41)28-12-11-25(3)34-33(20-28)39(21-29-14-16-32(29)36)18-7-6-10-27-19-31(37)15-13-30(27)22-44-34/h8,11-13,15,17,19-20,23-26,29,32H,5-7,9-10,14,16,18,21-22H2,1-4H3,(H,38,41)/b17-8+/t24-,25+,26+,29-,32+,36-/m0/s1. The second-order valence-corrected chi connectivity index (χ2v) is 15.7. The summed E-state index contributed by atoms with van der Waals surface area (Å²) in [5.74, 6) is -0.312. The summed E-state index contributed by atoms with van der Waals surface area (Å²) in [5.41, 5.74) is 2.15. The normalized spacial score (nSPS) is 32.6. The molecule has 2 aliphatic carbocycles. The van der Waals surface area contributed by atoms with Gasteiger partial charge in [0.2, 0.25) is 10.0 Å². The van der Waals surface area contributed by atoms with Crippen molar-refractivity contribution in [3.63, 3.8) is 0 Å². The molecule has 2 bridgehead atoms. The lowest BCUT2D eigenvalue weighted by atomic mass is 9.64. The molecule has 0 unspecified atom stereocenters. The lowest BCUT2D eigenvalue weighted by Crippen LogP contribution is -2.52. The highest BCUT2D eigenvalue weighted by Gasteiger charge is 2.48. The minimum atomic E-state index is -4.00. The number of halogens is 1. The zero-order valence-corrected chi connectivity index (χ0v) is 28.9. The minimum Gasteiger partial charge on any atom is -0.490 e. The molecule has 6 atom stereocenters. The summed E-state index contributed by atoms with van der Waals surface area (Å²) in [6.45, 7) is 9.43. The van der Waals surface area contributed by atoms with Gasteiger partial charge in [0.1, 0.15) is 18.0 Å². The van der Waals surface area contributed by atoms with Gasteiger partial charge in [-0.15, -0.1) is 0 Å². The highest BCUT2D eigenvalue weighted by atomic mass is 35.5. The molecule has 1 fully saturated rings. The number of aryl methyl sites for hydroxylation is 1. The van der Waals surface area contributed by atoms with E-state index in [0.717, 1.165) is 61.0 Å².